The highest BCUT2D eigenvalue weighted by atomic mass is 127. The van der Waals surface area contributed by atoms with Crippen LogP contribution >= 0.6 is 22.9 Å². The van der Waals surface area contributed by atoms with E-state index in [1.165, 1.54) is 0 Å². The van der Waals surface area contributed by atoms with Crippen LogP contribution in [0.3, 0.4) is 0 Å². The lowest BCUT2D eigenvalue weighted by molar-refractivity contribution is -0.144. The molecule has 0 aliphatic heterocycles. The molecule has 0 bridgehead atoms. The number of halogens is 1. The van der Waals surface area contributed by atoms with E-state index in [0.29, 0.717) is 19.3 Å². The molecule has 21 nitrogen and oxygen atoms in total. The first-order valence-electron chi connectivity index (χ1n) is 15.3. The lowest BCUT2D eigenvalue weighted by Crippen LogP contribution is -2.45. The molecule has 0 spiro atoms. The van der Waals surface area contributed by atoms with Gasteiger partial charge in [0, 0.05) is 62.0 Å². The molecule has 50 heavy (non-hydrogen) atoms. The van der Waals surface area contributed by atoms with Crippen LogP contribution in [0.4, 0.5) is 0 Å². The first-order chi connectivity index (χ1) is 23.4. The van der Waals surface area contributed by atoms with Crippen molar-refractivity contribution in [2.24, 2.45) is 0 Å². The van der Waals surface area contributed by atoms with Crippen LogP contribution in [0.15, 0.2) is 0 Å². The second kappa shape index (κ2) is 24.5. The molecule has 0 radical (unpaired) electrons. The smallest absolute Gasteiger partial charge is 0.326 e. The fourth-order valence-electron chi connectivity index (χ4n) is 4.19. The number of hydrogen-bond donors (Lipinski definition) is 11. The van der Waals surface area contributed by atoms with Crippen LogP contribution in [0.1, 0.15) is 77.6 Å². The van der Waals surface area contributed by atoms with Gasteiger partial charge in [-0.3, -0.25) is 28.8 Å². The zero-order chi connectivity index (χ0) is 38.4. The van der Waals surface area contributed by atoms with E-state index in [2.05, 4.69) is 30.1 Å². The van der Waals surface area contributed by atoms with Gasteiger partial charge in [0.1, 0.15) is 30.2 Å². The molecule has 0 unspecified atom stereocenters. The monoisotopic (exact) mass is 830 g/mol. The zero-order valence-corrected chi connectivity index (χ0v) is 29.2. The molecule has 0 aliphatic rings. The Balaban J connectivity index is 4.79. The van der Waals surface area contributed by atoms with Crippen LogP contribution in [-0.4, -0.2) is 122 Å². The molecule has 0 rings (SSSR count). The molecule has 11 N–H and O–H groups in total. The topological polar surface area (TPSA) is 344 Å². The van der Waals surface area contributed by atoms with Crippen molar-refractivity contribution in [2.45, 2.75) is 108 Å². The van der Waals surface area contributed by atoms with Crippen molar-refractivity contribution in [3.05, 3.63) is 0 Å². The quantitative estimate of drug-likeness (QED) is 0.0244. The van der Waals surface area contributed by atoms with Crippen LogP contribution in [-0.2, 0) is 47.9 Å². The van der Waals surface area contributed by atoms with Gasteiger partial charge in [0.25, 0.3) is 0 Å². The molecular formula is C28H43IN6O15. The van der Waals surface area contributed by atoms with E-state index in [-0.39, 0.29) is 25.8 Å². The number of rotatable bonds is 27. The normalized spacial score (nSPS) is 13.6. The second-order valence-electron chi connectivity index (χ2n) is 11.0. The molecule has 282 valence electrons. The Morgan fingerprint density at radius 1 is 0.460 bits per heavy atom. The molecule has 0 fully saturated rings. The summed E-state index contributed by atoms with van der Waals surface area (Å²) in [6.07, 6.45) is -2.14. The lowest BCUT2D eigenvalue weighted by Gasteiger charge is -2.18. The molecule has 0 aliphatic carbocycles. The first kappa shape index (κ1) is 45.4. The zero-order valence-electron chi connectivity index (χ0n) is 27.1. The molecular weight excluding hydrogens is 787 g/mol. The summed E-state index contributed by atoms with van der Waals surface area (Å²) < 4.78 is 2.61. The van der Waals surface area contributed by atoms with Crippen molar-refractivity contribution in [3.63, 3.8) is 0 Å². The summed E-state index contributed by atoms with van der Waals surface area (Å²) in [5, 5.41) is 57.5. The summed E-state index contributed by atoms with van der Waals surface area (Å²) in [5.74, 6) is -10.8. The highest BCUT2D eigenvalue weighted by Crippen LogP contribution is 2.07. The van der Waals surface area contributed by atoms with Crippen LogP contribution in [0.5, 0.6) is 0 Å². The third-order valence-electron chi connectivity index (χ3n) is 6.89. The summed E-state index contributed by atoms with van der Waals surface area (Å²) in [6, 6.07) is -6.84. The molecule has 0 heterocycles. The van der Waals surface area contributed by atoms with Crippen molar-refractivity contribution >= 4 is 82.2 Å². The number of aliphatic carboxylic acids is 5. The number of unbranched alkanes of at least 4 members (excludes halogenated alkanes) is 1. The minimum atomic E-state index is -1.62. The Labute approximate surface area is 299 Å². The van der Waals surface area contributed by atoms with E-state index in [1.807, 2.05) is 0 Å². The summed E-state index contributed by atoms with van der Waals surface area (Å²) in [4.78, 5) is 117. The van der Waals surface area contributed by atoms with E-state index in [9.17, 15) is 63.3 Å². The van der Waals surface area contributed by atoms with Gasteiger partial charge in [-0.25, -0.2) is 22.7 Å². The predicted molar refractivity (Wildman–Crippen MR) is 176 cm³/mol. The van der Waals surface area contributed by atoms with Crippen LogP contribution in [0, 0.1) is 0 Å². The average molecular weight is 831 g/mol. The second-order valence-corrected chi connectivity index (χ2v) is 11.6. The lowest BCUT2D eigenvalue weighted by atomic mass is 10.1. The van der Waals surface area contributed by atoms with Crippen LogP contribution < -0.4 is 30.1 Å². The maximum absolute atomic E-state index is 12.4. The predicted octanol–water partition coefficient (Wildman–Crippen LogP) is -1.92. The van der Waals surface area contributed by atoms with Crippen LogP contribution in [0.25, 0.3) is 0 Å². The Morgan fingerprint density at radius 2 is 0.780 bits per heavy atom. The number of hydrogen-bond acceptors (Lipinski definition) is 11. The molecule has 0 saturated heterocycles. The summed E-state index contributed by atoms with van der Waals surface area (Å²) in [6.45, 7) is 1.30. The molecule has 0 saturated carbocycles. The Morgan fingerprint density at radius 3 is 1.08 bits per heavy atom. The van der Waals surface area contributed by atoms with E-state index >= 15 is 0 Å². The summed E-state index contributed by atoms with van der Waals surface area (Å²) in [5.41, 5.74) is 0. The number of carboxylic acids is 5. The number of carbonyl (C=O) groups is 10. The standard InChI is InChI=1S/C28H43IN6O15/c1-14(36)31-15(24(41)42)6-10-21(38)33-17(26(45)46)8-12-23(40)34-18(27(47)48)7-11-22(39)32-16(25(43)44)5-9-20(37)30-13-3-2-4-19(35-29)28(49)50/h15-19,35H,2-13H2,1H3,(H,30,37)(H,31,36)(H,32,39)(H,33,38)(H,34,40)(H,41,42)(H,43,44)(H,45,46)(H,47,48)(H,49,50)/t15-,16-,17-,18-,19-/m0/s1. The van der Waals surface area contributed by atoms with Gasteiger partial charge in [-0.2, -0.15) is 0 Å². The van der Waals surface area contributed by atoms with E-state index in [4.69, 9.17) is 10.2 Å². The van der Waals surface area contributed by atoms with Gasteiger partial charge in [0.2, 0.25) is 29.5 Å². The SMILES string of the molecule is CC(=O)N[C@@H](CCC(=O)N[C@@H](CCC(=O)N[C@@H](CCC(=O)N[C@@H](CCC(=O)NCCCC[C@H](NI)C(=O)O)C(=O)O)C(=O)O)C(=O)O)C(=O)O. The summed E-state index contributed by atoms with van der Waals surface area (Å²) in [7, 11) is 0. The van der Waals surface area contributed by atoms with E-state index in [1.54, 1.807) is 22.9 Å². The Bertz CT molecular complexity index is 1250. The first-order valence-corrected chi connectivity index (χ1v) is 16.4. The maximum atomic E-state index is 12.4. The van der Waals surface area contributed by atoms with Gasteiger partial charge >= 0.3 is 29.8 Å². The molecule has 5 amide bonds. The number of carboxylic acid groups (broad SMARTS) is 5. The largest absolute Gasteiger partial charge is 0.480 e. The highest BCUT2D eigenvalue weighted by molar-refractivity contribution is 14.1. The fraction of sp³-hybridized carbons (Fsp3) is 0.643. The Kier molecular flexibility index (Phi) is 22.3. The third-order valence-corrected chi connectivity index (χ3v) is 7.64. The Hall–Kier alpha value is -4.61. The van der Waals surface area contributed by atoms with Crippen molar-refractivity contribution in [1.29, 1.82) is 0 Å². The average Bonchev–Trinajstić information content (AvgIpc) is 3.02. The van der Waals surface area contributed by atoms with Gasteiger partial charge in [-0.15, -0.1) is 0 Å². The van der Waals surface area contributed by atoms with Gasteiger partial charge in [-0.05, 0) is 44.9 Å². The van der Waals surface area contributed by atoms with Gasteiger partial charge in [-0.1, -0.05) is 0 Å². The maximum Gasteiger partial charge on any atom is 0.326 e. The minimum Gasteiger partial charge on any atom is -0.480 e. The van der Waals surface area contributed by atoms with Gasteiger partial charge in [0.15, 0.2) is 0 Å². The molecule has 22 heteroatoms. The van der Waals surface area contributed by atoms with Crippen molar-refractivity contribution in [1.82, 2.24) is 30.1 Å². The van der Waals surface area contributed by atoms with Gasteiger partial charge < -0.3 is 52.1 Å². The van der Waals surface area contributed by atoms with Gasteiger partial charge in [0.05, 0.1) is 0 Å². The molecule has 0 aromatic rings. The minimum absolute atomic E-state index is 0.223. The molecule has 0 aromatic carbocycles. The van der Waals surface area contributed by atoms with Crippen LogP contribution in [0.2, 0.25) is 0 Å². The number of nitrogens with one attached hydrogen (secondary N) is 6. The number of carbonyl (C=O) groups excluding carboxylic acids is 5. The summed E-state index contributed by atoms with van der Waals surface area (Å²) >= 11 is 1.73. The van der Waals surface area contributed by atoms with Crippen molar-refractivity contribution < 1.29 is 73.5 Å². The van der Waals surface area contributed by atoms with Crippen molar-refractivity contribution in [2.75, 3.05) is 6.54 Å². The van der Waals surface area contributed by atoms with Crippen molar-refractivity contribution in [3.8, 4) is 0 Å². The van der Waals surface area contributed by atoms with E-state index in [0.717, 1.165) is 6.92 Å². The molecule has 0 aromatic heterocycles. The fourth-order valence-corrected chi connectivity index (χ4v) is 4.77. The van der Waals surface area contributed by atoms with E-state index < -0.39 is 122 Å². The number of amides is 5. The third kappa shape index (κ3) is 20.7. The molecule has 5 atom stereocenters. The highest BCUT2D eigenvalue weighted by Gasteiger charge is 2.27.